The largest absolute Gasteiger partial charge is 0.478 e. The fourth-order valence-electron chi connectivity index (χ4n) is 2.44. The van der Waals surface area contributed by atoms with Crippen molar-refractivity contribution < 1.29 is 23.1 Å². The third-order valence-electron chi connectivity index (χ3n) is 3.40. The molecule has 0 bridgehead atoms. The highest BCUT2D eigenvalue weighted by Crippen LogP contribution is 2.40. The number of halogens is 3. The van der Waals surface area contributed by atoms with Crippen LogP contribution < -0.4 is 0 Å². The summed E-state index contributed by atoms with van der Waals surface area (Å²) in [5.74, 6) is -1.35. The molecular formula is C16H9F3N2O2. The fraction of sp³-hybridized carbons (Fsp3) is 0.0625. The number of aromatic nitrogens is 2. The van der Waals surface area contributed by atoms with Gasteiger partial charge in [-0.1, -0.05) is 18.2 Å². The second-order valence-electron chi connectivity index (χ2n) is 4.79. The van der Waals surface area contributed by atoms with Gasteiger partial charge >= 0.3 is 12.1 Å². The number of aromatic carboxylic acids is 1. The van der Waals surface area contributed by atoms with Gasteiger partial charge in [0, 0.05) is 29.5 Å². The van der Waals surface area contributed by atoms with Gasteiger partial charge in [0.05, 0.1) is 16.6 Å². The van der Waals surface area contributed by atoms with Crippen molar-refractivity contribution >= 4 is 16.9 Å². The summed E-state index contributed by atoms with van der Waals surface area (Å²) < 4.78 is 39.9. The van der Waals surface area contributed by atoms with E-state index in [1.165, 1.54) is 36.7 Å². The number of nitrogens with zero attached hydrogens (tertiary/aromatic N) is 2. The van der Waals surface area contributed by atoms with Crippen molar-refractivity contribution in [3.05, 3.63) is 60.0 Å². The highest BCUT2D eigenvalue weighted by molar-refractivity contribution is 6.06. The van der Waals surface area contributed by atoms with Crippen molar-refractivity contribution in [1.29, 1.82) is 0 Å². The lowest BCUT2D eigenvalue weighted by atomic mass is 9.93. The van der Waals surface area contributed by atoms with Crippen LogP contribution in [0.3, 0.4) is 0 Å². The Bertz CT molecular complexity index is 907. The first kappa shape index (κ1) is 15.0. The molecule has 1 aromatic carbocycles. The van der Waals surface area contributed by atoms with E-state index in [1.54, 1.807) is 0 Å². The maximum atomic E-state index is 13.3. The zero-order valence-electron chi connectivity index (χ0n) is 11.5. The number of alkyl halides is 3. The molecule has 1 N–H and O–H groups in total. The van der Waals surface area contributed by atoms with Gasteiger partial charge in [0.15, 0.2) is 0 Å². The predicted octanol–water partition coefficient (Wildman–Crippen LogP) is 4.01. The second-order valence-corrected chi connectivity index (χ2v) is 4.79. The minimum atomic E-state index is -4.61. The van der Waals surface area contributed by atoms with Crippen LogP contribution in [0.4, 0.5) is 13.2 Å². The number of fused-ring (bicyclic) bond motifs is 1. The second kappa shape index (κ2) is 5.35. The SMILES string of the molecule is O=C(O)c1cnc2ccncc2c1-c1ccccc1C(F)(F)F. The molecule has 0 aliphatic carbocycles. The average Bonchev–Trinajstić information content (AvgIpc) is 2.52. The van der Waals surface area contributed by atoms with Gasteiger partial charge < -0.3 is 5.11 Å². The molecule has 3 rings (SSSR count). The molecule has 0 fully saturated rings. The number of hydrogen-bond donors (Lipinski definition) is 1. The molecule has 0 radical (unpaired) electrons. The molecule has 2 aromatic heterocycles. The molecule has 23 heavy (non-hydrogen) atoms. The number of benzene rings is 1. The standard InChI is InChI=1S/C16H9F3N2O2/c17-16(18,19)12-4-2-1-3-9(12)14-10-7-20-6-5-13(10)21-8-11(14)15(22)23/h1-8H,(H,22,23). The first-order valence-electron chi connectivity index (χ1n) is 6.52. The van der Waals surface area contributed by atoms with Crippen LogP contribution in [0.15, 0.2) is 48.9 Å². The van der Waals surface area contributed by atoms with E-state index in [2.05, 4.69) is 9.97 Å². The van der Waals surface area contributed by atoms with Crippen LogP contribution in [0.1, 0.15) is 15.9 Å². The Morgan fingerprint density at radius 2 is 1.83 bits per heavy atom. The smallest absolute Gasteiger partial charge is 0.417 e. The molecule has 4 nitrogen and oxygen atoms in total. The Hall–Kier alpha value is -2.96. The molecule has 7 heteroatoms. The highest BCUT2D eigenvalue weighted by atomic mass is 19.4. The molecule has 0 aliphatic heterocycles. The monoisotopic (exact) mass is 318 g/mol. The van der Waals surface area contributed by atoms with Crippen LogP contribution in [0, 0.1) is 0 Å². The molecule has 0 saturated heterocycles. The van der Waals surface area contributed by atoms with Crippen molar-refractivity contribution in [1.82, 2.24) is 9.97 Å². The van der Waals surface area contributed by atoms with Gasteiger partial charge in [-0.3, -0.25) is 9.97 Å². The minimum Gasteiger partial charge on any atom is -0.478 e. The summed E-state index contributed by atoms with van der Waals surface area (Å²) in [5, 5.41) is 9.59. The zero-order chi connectivity index (χ0) is 16.6. The molecule has 0 aliphatic rings. The van der Waals surface area contributed by atoms with E-state index in [9.17, 15) is 23.1 Å². The van der Waals surface area contributed by atoms with Crippen molar-refractivity contribution in [2.24, 2.45) is 0 Å². The number of carboxylic acids is 1. The molecule has 0 saturated carbocycles. The van der Waals surface area contributed by atoms with Gasteiger partial charge in [0.25, 0.3) is 0 Å². The predicted molar refractivity (Wildman–Crippen MR) is 76.9 cm³/mol. The molecule has 3 aromatic rings. The Labute approximate surface area is 128 Å². The summed E-state index contributed by atoms with van der Waals surface area (Å²) in [4.78, 5) is 19.3. The number of rotatable bonds is 2. The minimum absolute atomic E-state index is 0.0384. The van der Waals surface area contributed by atoms with Crippen molar-refractivity contribution in [2.45, 2.75) is 6.18 Å². The summed E-state index contributed by atoms with van der Waals surface area (Å²) in [6.45, 7) is 0. The van der Waals surface area contributed by atoms with Crippen molar-refractivity contribution in [3.63, 3.8) is 0 Å². The summed E-state index contributed by atoms with van der Waals surface area (Å²) in [5.41, 5.74) is -1.08. The summed E-state index contributed by atoms with van der Waals surface area (Å²) in [6, 6.07) is 6.37. The molecule has 0 spiro atoms. The topological polar surface area (TPSA) is 63.1 Å². The zero-order valence-corrected chi connectivity index (χ0v) is 11.5. The number of hydrogen-bond acceptors (Lipinski definition) is 3. The van der Waals surface area contributed by atoms with Crippen LogP contribution in [-0.2, 0) is 6.18 Å². The highest BCUT2D eigenvalue weighted by Gasteiger charge is 2.34. The quantitative estimate of drug-likeness (QED) is 0.775. The van der Waals surface area contributed by atoms with E-state index in [-0.39, 0.29) is 22.1 Å². The third-order valence-corrected chi connectivity index (χ3v) is 3.40. The van der Waals surface area contributed by atoms with Crippen LogP contribution in [0.5, 0.6) is 0 Å². The summed E-state index contributed by atoms with van der Waals surface area (Å²) in [7, 11) is 0. The Morgan fingerprint density at radius 1 is 1.09 bits per heavy atom. The first-order chi connectivity index (χ1) is 10.9. The van der Waals surface area contributed by atoms with Crippen LogP contribution in [-0.4, -0.2) is 21.0 Å². The van der Waals surface area contributed by atoms with Crippen LogP contribution in [0.2, 0.25) is 0 Å². The van der Waals surface area contributed by atoms with Gasteiger partial charge in [0.2, 0.25) is 0 Å². The lowest BCUT2D eigenvalue weighted by Gasteiger charge is -2.16. The Kier molecular flexibility index (Phi) is 3.48. The van der Waals surface area contributed by atoms with E-state index >= 15 is 0 Å². The van der Waals surface area contributed by atoms with E-state index < -0.39 is 17.7 Å². The summed E-state index contributed by atoms with van der Waals surface area (Å²) >= 11 is 0. The van der Waals surface area contributed by atoms with Crippen molar-refractivity contribution in [2.75, 3.05) is 0 Å². The maximum Gasteiger partial charge on any atom is 0.417 e. The Balaban J connectivity index is 2.45. The maximum absolute atomic E-state index is 13.3. The number of carbonyl (C=O) groups is 1. The van der Waals surface area contributed by atoms with E-state index in [0.717, 1.165) is 12.3 Å². The molecule has 0 unspecified atom stereocenters. The van der Waals surface area contributed by atoms with Gasteiger partial charge in [-0.25, -0.2) is 4.79 Å². The molecule has 0 amide bonds. The summed E-state index contributed by atoms with van der Waals surface area (Å²) in [6.07, 6.45) is -0.788. The van der Waals surface area contributed by atoms with E-state index in [4.69, 9.17) is 0 Å². The van der Waals surface area contributed by atoms with E-state index in [0.29, 0.717) is 5.52 Å². The molecule has 2 heterocycles. The Morgan fingerprint density at radius 3 is 2.52 bits per heavy atom. The van der Waals surface area contributed by atoms with Gasteiger partial charge in [-0.05, 0) is 17.7 Å². The average molecular weight is 318 g/mol. The van der Waals surface area contributed by atoms with Crippen molar-refractivity contribution in [3.8, 4) is 11.1 Å². The number of pyridine rings is 2. The fourth-order valence-corrected chi connectivity index (χ4v) is 2.44. The first-order valence-corrected chi connectivity index (χ1v) is 6.52. The third kappa shape index (κ3) is 2.61. The molecular weight excluding hydrogens is 309 g/mol. The molecule has 0 atom stereocenters. The lowest BCUT2D eigenvalue weighted by Crippen LogP contribution is -2.09. The lowest BCUT2D eigenvalue weighted by molar-refractivity contribution is -0.137. The van der Waals surface area contributed by atoms with Crippen LogP contribution in [0.25, 0.3) is 22.0 Å². The number of carboxylic acid groups (broad SMARTS) is 1. The van der Waals surface area contributed by atoms with Crippen LogP contribution >= 0.6 is 0 Å². The van der Waals surface area contributed by atoms with Gasteiger partial charge in [0.1, 0.15) is 0 Å². The van der Waals surface area contributed by atoms with Gasteiger partial charge in [-0.15, -0.1) is 0 Å². The molecule has 116 valence electrons. The van der Waals surface area contributed by atoms with E-state index in [1.807, 2.05) is 0 Å². The normalized spacial score (nSPS) is 11.6. The van der Waals surface area contributed by atoms with Gasteiger partial charge in [-0.2, -0.15) is 13.2 Å².